The lowest BCUT2D eigenvalue weighted by atomic mass is 10.0. The van der Waals surface area contributed by atoms with Gasteiger partial charge in [0.1, 0.15) is 11.9 Å². The topological polar surface area (TPSA) is 69.7 Å². The highest BCUT2D eigenvalue weighted by molar-refractivity contribution is 7.87. The van der Waals surface area contributed by atoms with Crippen molar-refractivity contribution in [2.75, 3.05) is 0 Å². The van der Waals surface area contributed by atoms with Crippen LogP contribution >= 0.6 is 0 Å². The van der Waals surface area contributed by atoms with Crippen LogP contribution in [0.5, 0.6) is 0 Å². The molecule has 5 nitrogen and oxygen atoms in total. The Balaban J connectivity index is 2.55. The summed E-state index contributed by atoms with van der Waals surface area (Å²) in [6.45, 7) is 1.82. The standard InChI is InChI=1S/C11H15F3O5S/c1-2-3-10(15)18-8-4-6-9(7-5-8)19-20(16,17)11(12,13)14/h6,8H,2-5,7H2,1H3. The number of allylic oxidation sites excluding steroid dienone is 1. The smallest absolute Gasteiger partial charge is 0.462 e. The van der Waals surface area contributed by atoms with E-state index in [0.29, 0.717) is 6.42 Å². The molecular weight excluding hydrogens is 301 g/mol. The first-order chi connectivity index (χ1) is 9.15. The third-order valence-electron chi connectivity index (χ3n) is 2.57. The van der Waals surface area contributed by atoms with E-state index in [1.165, 1.54) is 6.08 Å². The molecule has 116 valence electrons. The van der Waals surface area contributed by atoms with Crippen molar-refractivity contribution in [2.45, 2.75) is 50.6 Å². The zero-order valence-electron chi connectivity index (χ0n) is 10.8. The Morgan fingerprint density at radius 1 is 1.45 bits per heavy atom. The molecule has 0 saturated heterocycles. The predicted octanol–water partition coefficient (Wildman–Crippen LogP) is 2.63. The maximum Gasteiger partial charge on any atom is 0.534 e. The third kappa shape index (κ3) is 4.69. The van der Waals surface area contributed by atoms with Gasteiger partial charge in [0.05, 0.1) is 0 Å². The molecule has 0 aliphatic heterocycles. The van der Waals surface area contributed by atoms with E-state index in [0.717, 1.165) is 0 Å². The molecule has 0 aromatic rings. The Kier molecular flexibility index (Phi) is 5.43. The first-order valence-electron chi connectivity index (χ1n) is 6.05. The Morgan fingerprint density at radius 2 is 2.10 bits per heavy atom. The Morgan fingerprint density at radius 3 is 2.55 bits per heavy atom. The summed E-state index contributed by atoms with van der Waals surface area (Å²) in [5.74, 6) is -0.650. The van der Waals surface area contributed by atoms with E-state index in [2.05, 4.69) is 4.18 Å². The number of halogens is 3. The van der Waals surface area contributed by atoms with Gasteiger partial charge in [-0.3, -0.25) is 4.79 Å². The van der Waals surface area contributed by atoms with Crippen molar-refractivity contribution in [1.82, 2.24) is 0 Å². The van der Waals surface area contributed by atoms with Crippen LogP contribution < -0.4 is 0 Å². The van der Waals surface area contributed by atoms with Gasteiger partial charge in [-0.2, -0.15) is 21.6 Å². The lowest BCUT2D eigenvalue weighted by Gasteiger charge is -2.22. The van der Waals surface area contributed by atoms with Crippen molar-refractivity contribution in [1.29, 1.82) is 0 Å². The average Bonchev–Trinajstić information content (AvgIpc) is 2.30. The van der Waals surface area contributed by atoms with Crippen molar-refractivity contribution in [3.05, 3.63) is 11.8 Å². The fourth-order valence-electron chi connectivity index (χ4n) is 1.61. The van der Waals surface area contributed by atoms with Crippen LogP contribution in [-0.2, 0) is 23.8 Å². The quantitative estimate of drug-likeness (QED) is 0.443. The van der Waals surface area contributed by atoms with Crippen LogP contribution in [0.1, 0.15) is 39.0 Å². The normalized spacial score (nSPS) is 20.2. The summed E-state index contributed by atoms with van der Waals surface area (Å²) < 4.78 is 67.0. The highest BCUT2D eigenvalue weighted by Gasteiger charge is 2.48. The summed E-state index contributed by atoms with van der Waals surface area (Å²) >= 11 is 0. The number of esters is 1. The molecule has 0 heterocycles. The molecule has 1 aliphatic rings. The molecule has 0 spiro atoms. The van der Waals surface area contributed by atoms with Gasteiger partial charge in [-0.15, -0.1) is 0 Å². The van der Waals surface area contributed by atoms with Gasteiger partial charge in [0.2, 0.25) is 0 Å². The molecule has 0 aromatic heterocycles. The van der Waals surface area contributed by atoms with Gasteiger partial charge < -0.3 is 8.92 Å². The number of carbonyl (C=O) groups excluding carboxylic acids is 1. The number of hydrogen-bond acceptors (Lipinski definition) is 5. The van der Waals surface area contributed by atoms with Crippen LogP contribution in [0.25, 0.3) is 0 Å². The Labute approximate surface area is 114 Å². The molecule has 0 radical (unpaired) electrons. The van der Waals surface area contributed by atoms with E-state index in [1.807, 2.05) is 6.92 Å². The summed E-state index contributed by atoms with van der Waals surface area (Å²) in [7, 11) is -5.62. The van der Waals surface area contributed by atoms with Crippen LogP contribution in [0.4, 0.5) is 13.2 Å². The lowest BCUT2D eigenvalue weighted by Crippen LogP contribution is -2.27. The van der Waals surface area contributed by atoms with Crippen LogP contribution in [0.2, 0.25) is 0 Å². The van der Waals surface area contributed by atoms with Gasteiger partial charge in [0.25, 0.3) is 0 Å². The number of hydrogen-bond donors (Lipinski definition) is 0. The van der Waals surface area contributed by atoms with Gasteiger partial charge in [-0.1, -0.05) is 6.92 Å². The maximum atomic E-state index is 12.1. The number of rotatable bonds is 5. The number of alkyl halides is 3. The van der Waals surface area contributed by atoms with E-state index in [-0.39, 0.29) is 37.4 Å². The van der Waals surface area contributed by atoms with Gasteiger partial charge in [0.15, 0.2) is 0 Å². The fourth-order valence-corrected chi connectivity index (χ4v) is 2.13. The van der Waals surface area contributed by atoms with E-state index >= 15 is 0 Å². The second kappa shape index (κ2) is 6.47. The summed E-state index contributed by atoms with van der Waals surface area (Å²) in [6.07, 6.45) is 2.00. The highest BCUT2D eigenvalue weighted by atomic mass is 32.2. The van der Waals surface area contributed by atoms with Crippen molar-refractivity contribution in [2.24, 2.45) is 0 Å². The zero-order chi connectivity index (χ0) is 15.4. The summed E-state index contributed by atoms with van der Waals surface area (Å²) in [5.41, 5.74) is -5.45. The van der Waals surface area contributed by atoms with Crippen molar-refractivity contribution in [3.63, 3.8) is 0 Å². The van der Waals surface area contributed by atoms with Crippen LogP contribution in [-0.4, -0.2) is 26.0 Å². The molecule has 1 rings (SSSR count). The Bertz CT molecular complexity index is 481. The number of carbonyl (C=O) groups is 1. The molecule has 20 heavy (non-hydrogen) atoms. The van der Waals surface area contributed by atoms with Crippen molar-refractivity contribution in [3.8, 4) is 0 Å². The lowest BCUT2D eigenvalue weighted by molar-refractivity contribution is -0.149. The van der Waals surface area contributed by atoms with E-state index in [4.69, 9.17) is 4.74 Å². The van der Waals surface area contributed by atoms with Gasteiger partial charge in [-0.25, -0.2) is 0 Å². The zero-order valence-corrected chi connectivity index (χ0v) is 11.6. The van der Waals surface area contributed by atoms with E-state index in [9.17, 15) is 26.4 Å². The molecule has 0 bridgehead atoms. The molecule has 9 heteroatoms. The second-order valence-electron chi connectivity index (χ2n) is 4.29. The SMILES string of the molecule is CCCC(=O)OC1CC=C(OS(=O)(=O)C(F)(F)F)CC1. The molecule has 1 aliphatic carbocycles. The Hall–Kier alpha value is -1.25. The molecular formula is C11H15F3O5S. The van der Waals surface area contributed by atoms with E-state index in [1.54, 1.807) is 0 Å². The molecule has 1 atom stereocenters. The number of ether oxygens (including phenoxy) is 1. The van der Waals surface area contributed by atoms with Crippen LogP contribution in [0.15, 0.2) is 11.8 Å². The summed E-state index contributed by atoms with van der Waals surface area (Å²) in [6, 6.07) is 0. The fraction of sp³-hybridized carbons (Fsp3) is 0.727. The largest absolute Gasteiger partial charge is 0.534 e. The summed E-state index contributed by atoms with van der Waals surface area (Å²) in [5, 5.41) is 0. The monoisotopic (exact) mass is 316 g/mol. The van der Waals surface area contributed by atoms with Crippen LogP contribution in [0, 0.1) is 0 Å². The van der Waals surface area contributed by atoms with Crippen molar-refractivity contribution < 1.29 is 35.3 Å². The van der Waals surface area contributed by atoms with Gasteiger partial charge in [-0.05, 0) is 18.9 Å². The molecule has 0 saturated carbocycles. The molecule has 0 aromatic carbocycles. The summed E-state index contributed by atoms with van der Waals surface area (Å²) in [4.78, 5) is 11.2. The highest BCUT2D eigenvalue weighted by Crippen LogP contribution is 2.30. The third-order valence-corrected chi connectivity index (χ3v) is 3.57. The van der Waals surface area contributed by atoms with Gasteiger partial charge in [0, 0.05) is 19.3 Å². The maximum absolute atomic E-state index is 12.1. The minimum absolute atomic E-state index is 0.0284. The molecule has 0 fully saturated rings. The minimum Gasteiger partial charge on any atom is -0.462 e. The second-order valence-corrected chi connectivity index (χ2v) is 5.83. The predicted molar refractivity (Wildman–Crippen MR) is 62.8 cm³/mol. The first-order valence-corrected chi connectivity index (χ1v) is 7.46. The van der Waals surface area contributed by atoms with E-state index < -0.39 is 21.7 Å². The molecule has 1 unspecified atom stereocenters. The first kappa shape index (κ1) is 16.8. The van der Waals surface area contributed by atoms with Crippen molar-refractivity contribution >= 4 is 16.1 Å². The molecule has 0 N–H and O–H groups in total. The minimum atomic E-state index is -5.62. The van der Waals surface area contributed by atoms with Crippen LogP contribution in [0.3, 0.4) is 0 Å². The average molecular weight is 316 g/mol. The van der Waals surface area contributed by atoms with Gasteiger partial charge >= 0.3 is 21.6 Å². The molecule has 0 amide bonds.